The minimum Gasteiger partial charge on any atom is -0.393 e. The fraction of sp³-hybridized carbons (Fsp3) is 0.308. The van der Waals surface area contributed by atoms with Crippen LogP contribution < -0.4 is 0 Å². The molecule has 0 aliphatic carbocycles. The lowest BCUT2D eigenvalue weighted by Crippen LogP contribution is -2.46. The molecule has 4 nitrogen and oxygen atoms in total. The monoisotopic (exact) mass is 493 g/mol. The highest BCUT2D eigenvalue weighted by molar-refractivity contribution is 5.29. The number of ether oxygens (including phenoxy) is 2. The molecule has 35 heavy (non-hydrogen) atoms. The Balaban J connectivity index is 1.65. The molecule has 1 fully saturated rings. The first-order valence-electron chi connectivity index (χ1n) is 11.0. The van der Waals surface area contributed by atoms with E-state index in [4.69, 9.17) is 9.47 Å². The molecule has 1 aliphatic rings. The number of aliphatic hydroxyl groups excluding tert-OH is 1. The van der Waals surface area contributed by atoms with Gasteiger partial charge in [-0.3, -0.25) is 4.90 Å². The van der Waals surface area contributed by atoms with Crippen molar-refractivity contribution in [3.63, 3.8) is 0 Å². The summed E-state index contributed by atoms with van der Waals surface area (Å²) in [4.78, 5) is 2.05. The minimum absolute atomic E-state index is 0.165. The van der Waals surface area contributed by atoms with Gasteiger partial charge in [0, 0.05) is 13.1 Å². The van der Waals surface area contributed by atoms with Gasteiger partial charge in [0.2, 0.25) is 0 Å². The summed E-state index contributed by atoms with van der Waals surface area (Å²) in [6.45, 7) is 0.576. The summed E-state index contributed by atoms with van der Waals surface area (Å²) in [5.74, 6) is -1.52. The van der Waals surface area contributed by atoms with Crippen molar-refractivity contribution < 1.29 is 36.5 Å². The summed E-state index contributed by atoms with van der Waals surface area (Å²) >= 11 is 0. The molecule has 1 aliphatic heterocycles. The van der Waals surface area contributed by atoms with Crippen LogP contribution in [-0.2, 0) is 22.2 Å². The molecule has 9 heteroatoms. The first-order chi connectivity index (χ1) is 16.7. The Morgan fingerprint density at radius 3 is 2.34 bits per heavy atom. The van der Waals surface area contributed by atoms with Gasteiger partial charge in [0.05, 0.1) is 24.8 Å². The fourth-order valence-electron chi connectivity index (χ4n) is 4.18. The minimum atomic E-state index is -4.76. The Kier molecular flexibility index (Phi) is 7.81. The van der Waals surface area contributed by atoms with E-state index in [1.807, 2.05) is 30.3 Å². The lowest BCUT2D eigenvalue weighted by Gasteiger charge is -2.42. The van der Waals surface area contributed by atoms with E-state index < -0.39 is 48.4 Å². The van der Waals surface area contributed by atoms with E-state index in [9.17, 15) is 27.1 Å². The Morgan fingerprint density at radius 2 is 1.69 bits per heavy atom. The van der Waals surface area contributed by atoms with Gasteiger partial charge < -0.3 is 14.6 Å². The lowest BCUT2D eigenvalue weighted by molar-refractivity contribution is -0.238. The van der Waals surface area contributed by atoms with E-state index in [1.165, 1.54) is 12.1 Å². The second-order valence-corrected chi connectivity index (χ2v) is 8.27. The van der Waals surface area contributed by atoms with Crippen molar-refractivity contribution in [1.29, 1.82) is 0 Å². The van der Waals surface area contributed by atoms with E-state index in [0.717, 1.165) is 17.7 Å². The molecule has 0 saturated carbocycles. The SMILES string of the molecule is OC[C@@H](O[C@H]1OCCN(Cc2ccccc2)[C@H]1c1ccc(F)cc1)c1cc(F)cc(C(F)(F)F)c1. The van der Waals surface area contributed by atoms with Gasteiger partial charge in [-0.25, -0.2) is 8.78 Å². The van der Waals surface area contributed by atoms with Crippen LogP contribution in [0.5, 0.6) is 0 Å². The molecule has 3 aromatic carbocycles. The van der Waals surface area contributed by atoms with Gasteiger partial charge >= 0.3 is 6.18 Å². The molecule has 1 N–H and O–H groups in total. The van der Waals surface area contributed by atoms with Crippen LogP contribution in [0, 0.1) is 11.6 Å². The molecule has 186 valence electrons. The predicted molar refractivity (Wildman–Crippen MR) is 118 cm³/mol. The average molecular weight is 493 g/mol. The highest BCUT2D eigenvalue weighted by Gasteiger charge is 2.37. The third-order valence-electron chi connectivity index (χ3n) is 5.84. The molecule has 0 aromatic heterocycles. The number of alkyl halides is 3. The van der Waals surface area contributed by atoms with Gasteiger partial charge in [0.1, 0.15) is 17.7 Å². The summed E-state index contributed by atoms with van der Waals surface area (Å²) in [5.41, 5.74) is 0.333. The maximum Gasteiger partial charge on any atom is 0.416 e. The topological polar surface area (TPSA) is 41.9 Å². The Morgan fingerprint density at radius 1 is 0.971 bits per heavy atom. The zero-order valence-electron chi connectivity index (χ0n) is 18.6. The molecule has 0 bridgehead atoms. The van der Waals surface area contributed by atoms with Gasteiger partial charge in [-0.05, 0) is 47.0 Å². The Labute approximate surface area is 199 Å². The third-order valence-corrected chi connectivity index (χ3v) is 5.84. The summed E-state index contributed by atoms with van der Waals surface area (Å²) in [5, 5.41) is 9.94. The average Bonchev–Trinajstić information content (AvgIpc) is 2.83. The highest BCUT2D eigenvalue weighted by atomic mass is 19.4. The van der Waals surface area contributed by atoms with E-state index in [2.05, 4.69) is 4.90 Å². The van der Waals surface area contributed by atoms with E-state index in [-0.39, 0.29) is 12.2 Å². The number of hydrogen-bond acceptors (Lipinski definition) is 4. The Bertz CT molecular complexity index is 1110. The molecule has 1 saturated heterocycles. The largest absolute Gasteiger partial charge is 0.416 e. The molecule has 0 radical (unpaired) electrons. The lowest BCUT2D eigenvalue weighted by atomic mass is 10.0. The maximum atomic E-state index is 14.0. The van der Waals surface area contributed by atoms with Gasteiger partial charge in [0.15, 0.2) is 6.29 Å². The summed E-state index contributed by atoms with van der Waals surface area (Å²) < 4.78 is 79.1. The van der Waals surface area contributed by atoms with Gasteiger partial charge in [-0.15, -0.1) is 0 Å². The molecular weight excluding hydrogens is 469 g/mol. The van der Waals surface area contributed by atoms with E-state index in [0.29, 0.717) is 24.7 Å². The number of benzene rings is 3. The van der Waals surface area contributed by atoms with Crippen molar-refractivity contribution in [1.82, 2.24) is 4.90 Å². The standard InChI is InChI=1S/C26H24F5NO3/c27-21-8-6-18(7-9-21)24-25(34-11-10-32(24)15-17-4-2-1-3-5-17)35-23(16-33)19-12-20(26(29,30)31)14-22(28)13-19/h1-9,12-14,23-25,33H,10-11,15-16H2/t23-,24+,25-/m1/s1. The number of halogens is 5. The van der Waals surface area contributed by atoms with Crippen LogP contribution in [0.3, 0.4) is 0 Å². The number of nitrogens with zero attached hydrogens (tertiary/aromatic N) is 1. The normalized spacial score (nSPS) is 20.1. The van der Waals surface area contributed by atoms with Gasteiger partial charge in [0.25, 0.3) is 0 Å². The van der Waals surface area contributed by atoms with Crippen LogP contribution in [0.1, 0.15) is 34.4 Å². The van der Waals surface area contributed by atoms with Crippen molar-refractivity contribution in [2.45, 2.75) is 31.2 Å². The highest BCUT2D eigenvalue weighted by Crippen LogP contribution is 2.37. The molecule has 0 unspecified atom stereocenters. The zero-order valence-corrected chi connectivity index (χ0v) is 18.6. The number of hydrogen-bond donors (Lipinski definition) is 1. The Hall–Kier alpha value is -2.85. The molecule has 4 rings (SSSR count). The first kappa shape index (κ1) is 25.2. The van der Waals surface area contributed by atoms with Crippen molar-refractivity contribution in [2.75, 3.05) is 19.8 Å². The molecule has 3 aromatic rings. The molecule has 0 amide bonds. The molecule has 1 heterocycles. The number of rotatable bonds is 7. The second-order valence-electron chi connectivity index (χ2n) is 8.27. The van der Waals surface area contributed by atoms with Crippen LogP contribution in [0.2, 0.25) is 0 Å². The summed E-state index contributed by atoms with van der Waals surface area (Å²) in [6, 6.07) is 16.8. The van der Waals surface area contributed by atoms with Gasteiger partial charge in [-0.1, -0.05) is 42.5 Å². The molecule has 0 spiro atoms. The fourth-order valence-corrected chi connectivity index (χ4v) is 4.18. The summed E-state index contributed by atoms with van der Waals surface area (Å²) in [6.07, 6.45) is -7.06. The third kappa shape index (κ3) is 6.24. The van der Waals surface area contributed by atoms with Crippen molar-refractivity contribution in [3.05, 3.63) is 107 Å². The first-order valence-corrected chi connectivity index (χ1v) is 11.0. The van der Waals surface area contributed by atoms with Crippen molar-refractivity contribution >= 4 is 0 Å². The number of morpholine rings is 1. The van der Waals surface area contributed by atoms with E-state index >= 15 is 0 Å². The maximum absolute atomic E-state index is 14.0. The molecular formula is C26H24F5NO3. The van der Waals surface area contributed by atoms with Crippen LogP contribution >= 0.6 is 0 Å². The van der Waals surface area contributed by atoms with Crippen molar-refractivity contribution in [2.24, 2.45) is 0 Å². The van der Waals surface area contributed by atoms with Crippen molar-refractivity contribution in [3.8, 4) is 0 Å². The van der Waals surface area contributed by atoms with Crippen LogP contribution in [0.4, 0.5) is 22.0 Å². The van der Waals surface area contributed by atoms with Crippen LogP contribution in [-0.4, -0.2) is 36.1 Å². The zero-order chi connectivity index (χ0) is 25.0. The van der Waals surface area contributed by atoms with Crippen LogP contribution in [0.25, 0.3) is 0 Å². The summed E-state index contributed by atoms with van der Waals surface area (Å²) in [7, 11) is 0. The smallest absolute Gasteiger partial charge is 0.393 e. The number of aliphatic hydroxyl groups is 1. The molecule has 3 atom stereocenters. The predicted octanol–water partition coefficient (Wildman–Crippen LogP) is 5.63. The quantitative estimate of drug-likeness (QED) is 0.433. The van der Waals surface area contributed by atoms with Crippen LogP contribution in [0.15, 0.2) is 72.8 Å². The second kappa shape index (κ2) is 10.8. The van der Waals surface area contributed by atoms with E-state index in [1.54, 1.807) is 12.1 Å². The van der Waals surface area contributed by atoms with Gasteiger partial charge in [-0.2, -0.15) is 13.2 Å².